The maximum absolute atomic E-state index is 5.84. The fourth-order valence-corrected chi connectivity index (χ4v) is 2.17. The highest BCUT2D eigenvalue weighted by atomic mass is 79.9. The Morgan fingerprint density at radius 1 is 1.16 bits per heavy atom. The molecule has 0 saturated heterocycles. The minimum atomic E-state index is 0.194. The molecule has 1 atom stereocenters. The van der Waals surface area contributed by atoms with Gasteiger partial charge in [-0.3, -0.25) is 0 Å². The molecule has 0 spiro atoms. The lowest BCUT2D eigenvalue weighted by Gasteiger charge is -2.17. The summed E-state index contributed by atoms with van der Waals surface area (Å²) in [5.74, 6) is 0.755. The first-order valence-electron chi connectivity index (χ1n) is 6.05. The number of halogens is 1. The minimum Gasteiger partial charge on any atom is -0.497 e. The SMILES string of the molecule is COc1cc(N)cc(NC(C)c2ccc(Br)cc2)c1. The summed E-state index contributed by atoms with van der Waals surface area (Å²) in [7, 11) is 1.64. The molecule has 0 aliphatic rings. The van der Waals surface area contributed by atoms with Crippen molar-refractivity contribution in [2.24, 2.45) is 0 Å². The van der Waals surface area contributed by atoms with Crippen molar-refractivity contribution < 1.29 is 4.74 Å². The Labute approximate surface area is 121 Å². The molecule has 2 aromatic rings. The van der Waals surface area contributed by atoms with Crippen molar-refractivity contribution in [3.63, 3.8) is 0 Å². The quantitative estimate of drug-likeness (QED) is 0.829. The molecule has 1 unspecified atom stereocenters. The van der Waals surface area contributed by atoms with Gasteiger partial charge in [-0.05, 0) is 30.7 Å². The van der Waals surface area contributed by atoms with Gasteiger partial charge < -0.3 is 15.8 Å². The monoisotopic (exact) mass is 320 g/mol. The number of rotatable bonds is 4. The van der Waals surface area contributed by atoms with Gasteiger partial charge in [0.15, 0.2) is 0 Å². The second kappa shape index (κ2) is 5.97. The molecule has 0 aliphatic heterocycles. The van der Waals surface area contributed by atoms with Crippen LogP contribution in [-0.4, -0.2) is 7.11 Å². The van der Waals surface area contributed by atoms with Crippen molar-refractivity contribution in [3.05, 3.63) is 52.5 Å². The third kappa shape index (κ3) is 3.64. The van der Waals surface area contributed by atoms with E-state index in [0.717, 1.165) is 15.9 Å². The lowest BCUT2D eigenvalue weighted by molar-refractivity contribution is 0.415. The Morgan fingerprint density at radius 3 is 2.47 bits per heavy atom. The number of hydrogen-bond acceptors (Lipinski definition) is 3. The second-order valence-electron chi connectivity index (χ2n) is 4.41. The molecule has 3 nitrogen and oxygen atoms in total. The zero-order valence-electron chi connectivity index (χ0n) is 11.0. The molecular formula is C15H17BrN2O. The van der Waals surface area contributed by atoms with E-state index in [1.54, 1.807) is 13.2 Å². The van der Waals surface area contributed by atoms with Crippen LogP contribution in [0.4, 0.5) is 11.4 Å². The molecule has 0 aromatic heterocycles. The summed E-state index contributed by atoms with van der Waals surface area (Å²) in [6.07, 6.45) is 0. The van der Waals surface area contributed by atoms with Gasteiger partial charge in [0, 0.05) is 34.0 Å². The van der Waals surface area contributed by atoms with Crippen LogP contribution in [0.15, 0.2) is 46.9 Å². The lowest BCUT2D eigenvalue weighted by Crippen LogP contribution is -2.07. The number of nitrogen functional groups attached to an aromatic ring is 1. The summed E-state index contributed by atoms with van der Waals surface area (Å²) in [5.41, 5.74) is 8.69. The number of methoxy groups -OCH3 is 1. The van der Waals surface area contributed by atoms with Gasteiger partial charge in [-0.15, -0.1) is 0 Å². The third-order valence-electron chi connectivity index (χ3n) is 2.92. The fourth-order valence-electron chi connectivity index (χ4n) is 1.91. The maximum Gasteiger partial charge on any atom is 0.122 e. The van der Waals surface area contributed by atoms with Gasteiger partial charge >= 0.3 is 0 Å². The topological polar surface area (TPSA) is 47.3 Å². The van der Waals surface area contributed by atoms with Crippen molar-refractivity contribution in [1.82, 2.24) is 0 Å². The van der Waals surface area contributed by atoms with Gasteiger partial charge in [0.25, 0.3) is 0 Å². The molecule has 2 aromatic carbocycles. The normalized spacial score (nSPS) is 11.9. The largest absolute Gasteiger partial charge is 0.497 e. The Hall–Kier alpha value is -1.68. The molecular weight excluding hydrogens is 304 g/mol. The Morgan fingerprint density at radius 2 is 1.84 bits per heavy atom. The minimum absolute atomic E-state index is 0.194. The summed E-state index contributed by atoms with van der Waals surface area (Å²) < 4.78 is 6.29. The molecule has 0 saturated carbocycles. The van der Waals surface area contributed by atoms with Crippen molar-refractivity contribution in [2.45, 2.75) is 13.0 Å². The number of nitrogens with two attached hydrogens (primary N) is 1. The number of ether oxygens (including phenoxy) is 1. The zero-order chi connectivity index (χ0) is 13.8. The third-order valence-corrected chi connectivity index (χ3v) is 3.45. The molecule has 100 valence electrons. The average molecular weight is 321 g/mol. The Balaban J connectivity index is 2.16. The molecule has 19 heavy (non-hydrogen) atoms. The average Bonchev–Trinajstić information content (AvgIpc) is 2.38. The summed E-state index contributed by atoms with van der Waals surface area (Å²) >= 11 is 3.44. The summed E-state index contributed by atoms with van der Waals surface area (Å²) in [6.45, 7) is 2.11. The Kier molecular flexibility index (Phi) is 4.32. The summed E-state index contributed by atoms with van der Waals surface area (Å²) in [5, 5.41) is 3.42. The van der Waals surface area contributed by atoms with E-state index >= 15 is 0 Å². The molecule has 0 heterocycles. The van der Waals surface area contributed by atoms with Crippen molar-refractivity contribution >= 4 is 27.3 Å². The van der Waals surface area contributed by atoms with E-state index < -0.39 is 0 Å². The number of benzene rings is 2. The van der Waals surface area contributed by atoms with Crippen LogP contribution < -0.4 is 15.8 Å². The first-order chi connectivity index (χ1) is 9.08. The molecule has 0 aliphatic carbocycles. The highest BCUT2D eigenvalue weighted by molar-refractivity contribution is 9.10. The molecule has 0 radical (unpaired) electrons. The summed E-state index contributed by atoms with van der Waals surface area (Å²) in [4.78, 5) is 0. The number of hydrogen-bond donors (Lipinski definition) is 2. The predicted octanol–water partition coefficient (Wildman–Crippen LogP) is 4.21. The van der Waals surface area contributed by atoms with Crippen LogP contribution in [0.3, 0.4) is 0 Å². The van der Waals surface area contributed by atoms with E-state index in [4.69, 9.17) is 10.5 Å². The van der Waals surface area contributed by atoms with E-state index in [1.165, 1.54) is 5.56 Å². The molecule has 3 N–H and O–H groups in total. The number of nitrogens with one attached hydrogen (secondary N) is 1. The first kappa shape index (κ1) is 13.7. The smallest absolute Gasteiger partial charge is 0.122 e. The van der Waals surface area contributed by atoms with E-state index in [2.05, 4.69) is 40.3 Å². The summed E-state index contributed by atoms with van der Waals surface area (Å²) in [6, 6.07) is 14.1. The second-order valence-corrected chi connectivity index (χ2v) is 5.33. The highest BCUT2D eigenvalue weighted by Crippen LogP contribution is 2.26. The van der Waals surface area contributed by atoms with Crippen LogP contribution in [0.25, 0.3) is 0 Å². The van der Waals surface area contributed by atoms with Gasteiger partial charge in [0.2, 0.25) is 0 Å². The van der Waals surface area contributed by atoms with Crippen molar-refractivity contribution in [3.8, 4) is 5.75 Å². The number of anilines is 2. The molecule has 4 heteroatoms. The van der Waals surface area contributed by atoms with E-state index in [9.17, 15) is 0 Å². The van der Waals surface area contributed by atoms with Crippen LogP contribution in [-0.2, 0) is 0 Å². The highest BCUT2D eigenvalue weighted by Gasteiger charge is 2.06. The van der Waals surface area contributed by atoms with Crippen molar-refractivity contribution in [2.75, 3.05) is 18.2 Å². The first-order valence-corrected chi connectivity index (χ1v) is 6.84. The van der Waals surface area contributed by atoms with E-state index in [0.29, 0.717) is 5.69 Å². The zero-order valence-corrected chi connectivity index (χ0v) is 12.6. The predicted molar refractivity (Wildman–Crippen MR) is 83.6 cm³/mol. The van der Waals surface area contributed by atoms with Gasteiger partial charge in [-0.2, -0.15) is 0 Å². The molecule has 2 rings (SSSR count). The van der Waals surface area contributed by atoms with Crippen LogP contribution in [0.1, 0.15) is 18.5 Å². The molecule has 0 amide bonds. The maximum atomic E-state index is 5.84. The van der Waals surface area contributed by atoms with Gasteiger partial charge in [0.05, 0.1) is 7.11 Å². The van der Waals surface area contributed by atoms with Crippen LogP contribution in [0.5, 0.6) is 5.75 Å². The van der Waals surface area contributed by atoms with Crippen LogP contribution >= 0.6 is 15.9 Å². The lowest BCUT2D eigenvalue weighted by atomic mass is 10.1. The van der Waals surface area contributed by atoms with Gasteiger partial charge in [0.1, 0.15) is 5.75 Å². The van der Waals surface area contributed by atoms with Crippen molar-refractivity contribution in [1.29, 1.82) is 0 Å². The van der Waals surface area contributed by atoms with Crippen LogP contribution in [0, 0.1) is 0 Å². The van der Waals surface area contributed by atoms with Gasteiger partial charge in [-0.1, -0.05) is 28.1 Å². The van der Waals surface area contributed by atoms with E-state index in [-0.39, 0.29) is 6.04 Å². The van der Waals surface area contributed by atoms with Crippen LogP contribution in [0.2, 0.25) is 0 Å². The molecule has 0 fully saturated rings. The molecule has 0 bridgehead atoms. The van der Waals surface area contributed by atoms with Gasteiger partial charge in [-0.25, -0.2) is 0 Å². The fraction of sp³-hybridized carbons (Fsp3) is 0.200. The Bertz CT molecular complexity index is 555. The standard InChI is InChI=1S/C15H17BrN2O/c1-10(11-3-5-12(16)6-4-11)18-14-7-13(17)8-15(9-14)19-2/h3-10,18H,17H2,1-2H3. The van der Waals surface area contributed by atoms with E-state index in [1.807, 2.05) is 24.3 Å².